The van der Waals surface area contributed by atoms with E-state index >= 15 is 0 Å². The SMILES string of the molecule is CCC1C(=O)NC(C)C(=O)N1CCc1ccco1. The average molecular weight is 250 g/mol. The molecule has 18 heavy (non-hydrogen) atoms. The summed E-state index contributed by atoms with van der Waals surface area (Å²) in [6.07, 6.45) is 2.87. The van der Waals surface area contributed by atoms with Crippen LogP contribution in [0.3, 0.4) is 0 Å². The number of carbonyl (C=O) groups is 2. The van der Waals surface area contributed by atoms with Crippen molar-refractivity contribution in [2.45, 2.75) is 38.8 Å². The van der Waals surface area contributed by atoms with E-state index in [0.717, 1.165) is 5.76 Å². The molecule has 0 saturated carbocycles. The lowest BCUT2D eigenvalue weighted by Gasteiger charge is -2.37. The van der Waals surface area contributed by atoms with E-state index in [1.807, 2.05) is 19.1 Å². The van der Waals surface area contributed by atoms with Crippen LogP contribution in [0.4, 0.5) is 0 Å². The monoisotopic (exact) mass is 250 g/mol. The van der Waals surface area contributed by atoms with E-state index in [9.17, 15) is 9.59 Å². The van der Waals surface area contributed by atoms with Gasteiger partial charge in [0.1, 0.15) is 17.8 Å². The highest BCUT2D eigenvalue weighted by atomic mass is 16.3. The lowest BCUT2D eigenvalue weighted by Crippen LogP contribution is -2.62. The first-order valence-electron chi connectivity index (χ1n) is 6.26. The van der Waals surface area contributed by atoms with Crippen LogP contribution in [0.15, 0.2) is 22.8 Å². The maximum absolute atomic E-state index is 12.1. The lowest BCUT2D eigenvalue weighted by molar-refractivity contribution is -0.148. The van der Waals surface area contributed by atoms with Crippen molar-refractivity contribution in [3.05, 3.63) is 24.2 Å². The van der Waals surface area contributed by atoms with Crippen LogP contribution in [0, 0.1) is 0 Å². The third kappa shape index (κ3) is 2.39. The number of amides is 2. The van der Waals surface area contributed by atoms with E-state index in [1.54, 1.807) is 18.1 Å². The molecule has 1 aromatic rings. The number of carbonyl (C=O) groups excluding carboxylic acids is 2. The summed E-state index contributed by atoms with van der Waals surface area (Å²) in [5.41, 5.74) is 0. The number of hydrogen-bond donors (Lipinski definition) is 1. The van der Waals surface area contributed by atoms with Crippen molar-refractivity contribution in [3.8, 4) is 0 Å². The highest BCUT2D eigenvalue weighted by molar-refractivity contribution is 5.96. The molecule has 1 aliphatic rings. The number of piperazine rings is 1. The van der Waals surface area contributed by atoms with Gasteiger partial charge in [-0.05, 0) is 25.5 Å². The van der Waals surface area contributed by atoms with Gasteiger partial charge in [-0.1, -0.05) is 6.92 Å². The molecule has 5 heteroatoms. The predicted octanol–water partition coefficient (Wildman–Crippen LogP) is 0.948. The van der Waals surface area contributed by atoms with E-state index in [-0.39, 0.29) is 17.9 Å². The molecule has 1 aromatic heterocycles. The first kappa shape index (κ1) is 12.7. The smallest absolute Gasteiger partial charge is 0.245 e. The molecule has 2 rings (SSSR count). The number of rotatable bonds is 4. The molecule has 1 saturated heterocycles. The van der Waals surface area contributed by atoms with E-state index < -0.39 is 6.04 Å². The van der Waals surface area contributed by atoms with Gasteiger partial charge in [-0.25, -0.2) is 0 Å². The van der Waals surface area contributed by atoms with Gasteiger partial charge in [0.05, 0.1) is 6.26 Å². The fraction of sp³-hybridized carbons (Fsp3) is 0.538. The summed E-state index contributed by atoms with van der Waals surface area (Å²) in [6, 6.07) is 2.90. The van der Waals surface area contributed by atoms with Crippen molar-refractivity contribution >= 4 is 11.8 Å². The summed E-state index contributed by atoms with van der Waals surface area (Å²) >= 11 is 0. The molecule has 0 spiro atoms. The molecule has 98 valence electrons. The van der Waals surface area contributed by atoms with Gasteiger partial charge in [0.2, 0.25) is 11.8 Å². The summed E-state index contributed by atoms with van der Waals surface area (Å²) in [4.78, 5) is 25.6. The van der Waals surface area contributed by atoms with Gasteiger partial charge in [0.25, 0.3) is 0 Å². The summed E-state index contributed by atoms with van der Waals surface area (Å²) in [5, 5.41) is 2.70. The third-order valence-corrected chi connectivity index (χ3v) is 3.26. The Labute approximate surface area is 106 Å². The molecule has 5 nitrogen and oxygen atoms in total. The summed E-state index contributed by atoms with van der Waals surface area (Å²) in [7, 11) is 0. The number of furan rings is 1. The van der Waals surface area contributed by atoms with Crippen LogP contribution in [-0.2, 0) is 16.0 Å². The second-order valence-corrected chi connectivity index (χ2v) is 4.52. The Morgan fingerprint density at radius 1 is 1.44 bits per heavy atom. The van der Waals surface area contributed by atoms with Crippen molar-refractivity contribution in [1.82, 2.24) is 10.2 Å². The zero-order valence-electron chi connectivity index (χ0n) is 10.7. The topological polar surface area (TPSA) is 62.6 Å². The normalized spacial score (nSPS) is 24.2. The molecule has 1 aliphatic heterocycles. The van der Waals surface area contributed by atoms with Gasteiger partial charge in [-0.15, -0.1) is 0 Å². The van der Waals surface area contributed by atoms with Crippen molar-refractivity contribution < 1.29 is 14.0 Å². The molecule has 0 aromatic carbocycles. The van der Waals surface area contributed by atoms with Gasteiger partial charge in [0, 0.05) is 13.0 Å². The van der Waals surface area contributed by atoms with Crippen LogP contribution in [0.2, 0.25) is 0 Å². The first-order valence-corrected chi connectivity index (χ1v) is 6.26. The Bertz CT molecular complexity index is 427. The fourth-order valence-corrected chi connectivity index (χ4v) is 2.27. The maximum atomic E-state index is 12.1. The van der Waals surface area contributed by atoms with Gasteiger partial charge in [0.15, 0.2) is 0 Å². The Balaban J connectivity index is 2.06. The van der Waals surface area contributed by atoms with E-state index in [4.69, 9.17) is 4.42 Å². The predicted molar refractivity (Wildman–Crippen MR) is 65.8 cm³/mol. The van der Waals surface area contributed by atoms with E-state index in [2.05, 4.69) is 5.32 Å². The Kier molecular flexibility index (Phi) is 3.69. The van der Waals surface area contributed by atoms with Crippen molar-refractivity contribution in [1.29, 1.82) is 0 Å². The minimum atomic E-state index is -0.433. The standard InChI is InChI=1S/C13H18N2O3/c1-3-11-12(16)14-9(2)13(17)15(11)7-6-10-5-4-8-18-10/h4-5,8-9,11H,3,6-7H2,1-2H3,(H,14,16). The van der Waals surface area contributed by atoms with Crippen LogP contribution >= 0.6 is 0 Å². The number of nitrogens with one attached hydrogen (secondary N) is 1. The summed E-state index contributed by atoms with van der Waals surface area (Å²) in [6.45, 7) is 4.14. The van der Waals surface area contributed by atoms with Gasteiger partial charge in [-0.2, -0.15) is 0 Å². The van der Waals surface area contributed by atoms with Crippen molar-refractivity contribution in [2.75, 3.05) is 6.54 Å². The number of nitrogens with zero attached hydrogens (tertiary/aromatic N) is 1. The molecule has 2 atom stereocenters. The second kappa shape index (κ2) is 5.25. The van der Waals surface area contributed by atoms with Gasteiger partial charge in [-0.3, -0.25) is 9.59 Å². The quantitative estimate of drug-likeness (QED) is 0.865. The molecular formula is C13H18N2O3. The number of hydrogen-bond acceptors (Lipinski definition) is 3. The second-order valence-electron chi connectivity index (χ2n) is 4.52. The van der Waals surface area contributed by atoms with Crippen LogP contribution in [-0.4, -0.2) is 35.3 Å². The maximum Gasteiger partial charge on any atom is 0.245 e. The largest absolute Gasteiger partial charge is 0.469 e. The highest BCUT2D eigenvalue weighted by Crippen LogP contribution is 2.14. The molecular weight excluding hydrogens is 232 g/mol. The summed E-state index contributed by atoms with van der Waals surface area (Å²) in [5.74, 6) is 0.744. The molecule has 2 heterocycles. The van der Waals surface area contributed by atoms with Crippen LogP contribution in [0.1, 0.15) is 26.0 Å². The zero-order chi connectivity index (χ0) is 13.1. The fourth-order valence-electron chi connectivity index (χ4n) is 2.27. The Hall–Kier alpha value is -1.78. The van der Waals surface area contributed by atoms with Crippen LogP contribution < -0.4 is 5.32 Å². The van der Waals surface area contributed by atoms with E-state index in [0.29, 0.717) is 19.4 Å². The molecule has 1 fully saturated rings. The van der Waals surface area contributed by atoms with Gasteiger partial charge < -0.3 is 14.6 Å². The van der Waals surface area contributed by atoms with Crippen LogP contribution in [0.5, 0.6) is 0 Å². The van der Waals surface area contributed by atoms with Crippen molar-refractivity contribution in [3.63, 3.8) is 0 Å². The van der Waals surface area contributed by atoms with E-state index in [1.165, 1.54) is 0 Å². The molecule has 0 bridgehead atoms. The van der Waals surface area contributed by atoms with Crippen molar-refractivity contribution in [2.24, 2.45) is 0 Å². The lowest BCUT2D eigenvalue weighted by atomic mass is 10.1. The molecule has 0 aliphatic carbocycles. The summed E-state index contributed by atoms with van der Waals surface area (Å²) < 4.78 is 5.24. The minimum absolute atomic E-state index is 0.0204. The Morgan fingerprint density at radius 2 is 2.22 bits per heavy atom. The molecule has 2 amide bonds. The van der Waals surface area contributed by atoms with Gasteiger partial charge >= 0.3 is 0 Å². The zero-order valence-corrected chi connectivity index (χ0v) is 10.7. The molecule has 1 N–H and O–H groups in total. The molecule has 0 radical (unpaired) electrons. The minimum Gasteiger partial charge on any atom is -0.469 e. The first-order chi connectivity index (χ1) is 8.63. The third-order valence-electron chi connectivity index (χ3n) is 3.26. The Morgan fingerprint density at radius 3 is 2.83 bits per heavy atom. The molecule has 2 unspecified atom stereocenters. The van der Waals surface area contributed by atoms with Crippen LogP contribution in [0.25, 0.3) is 0 Å². The highest BCUT2D eigenvalue weighted by Gasteiger charge is 2.37. The average Bonchev–Trinajstić information content (AvgIpc) is 2.85.